The smallest absolute Gasteiger partial charge is 0.191 e. The Morgan fingerprint density at radius 1 is 1.27 bits per heavy atom. The van der Waals surface area contributed by atoms with Crippen LogP contribution in [0.15, 0.2) is 47.5 Å². The zero-order valence-corrected chi connectivity index (χ0v) is 20.9. The summed E-state index contributed by atoms with van der Waals surface area (Å²) in [6.07, 6.45) is 2.08. The molecule has 0 aliphatic carbocycles. The number of ether oxygens (including phenoxy) is 1. The number of guanidine groups is 1. The van der Waals surface area contributed by atoms with Gasteiger partial charge in [0.1, 0.15) is 17.7 Å². The summed E-state index contributed by atoms with van der Waals surface area (Å²) >= 11 is 6.01. The van der Waals surface area contributed by atoms with E-state index in [2.05, 4.69) is 37.6 Å². The SMILES string of the molecule is CN=C(NCC(C)Oc1cccc(Cl)c1)NC1CCN(c2cccc(C)n2)CC1.I. The number of hydrogen-bond acceptors (Lipinski definition) is 4. The third-order valence-corrected chi connectivity index (χ3v) is 5.18. The standard InChI is InChI=1S/C22H30ClN5O.HI/c1-16-6-4-9-21(26-16)28-12-10-19(11-13-28)27-22(24-3)25-15-17(2)29-20-8-5-7-18(23)14-20;/h4-9,14,17,19H,10-13,15H2,1-3H3,(H2,24,25,27);1H. The Morgan fingerprint density at radius 3 is 2.67 bits per heavy atom. The summed E-state index contributed by atoms with van der Waals surface area (Å²) in [4.78, 5) is 11.3. The van der Waals surface area contributed by atoms with Crippen molar-refractivity contribution in [3.8, 4) is 5.75 Å². The normalized spacial score (nSPS) is 15.9. The maximum Gasteiger partial charge on any atom is 0.191 e. The third kappa shape index (κ3) is 7.50. The maximum absolute atomic E-state index is 6.01. The van der Waals surface area contributed by atoms with Gasteiger partial charge in [-0.15, -0.1) is 24.0 Å². The summed E-state index contributed by atoms with van der Waals surface area (Å²) in [7, 11) is 1.80. The van der Waals surface area contributed by atoms with Gasteiger partial charge in [-0.3, -0.25) is 4.99 Å². The molecule has 2 N–H and O–H groups in total. The molecule has 1 saturated heterocycles. The lowest BCUT2D eigenvalue weighted by molar-refractivity contribution is 0.223. The highest BCUT2D eigenvalue weighted by Crippen LogP contribution is 2.19. The second-order valence-electron chi connectivity index (χ2n) is 7.38. The van der Waals surface area contributed by atoms with Crippen LogP contribution >= 0.6 is 35.6 Å². The molecule has 8 heteroatoms. The molecule has 6 nitrogen and oxygen atoms in total. The van der Waals surface area contributed by atoms with E-state index in [0.717, 1.165) is 49.2 Å². The van der Waals surface area contributed by atoms with E-state index in [-0.39, 0.29) is 30.1 Å². The number of halogens is 2. The fourth-order valence-corrected chi connectivity index (χ4v) is 3.58. The zero-order chi connectivity index (χ0) is 20.6. The molecule has 1 aromatic heterocycles. The average molecular weight is 544 g/mol. The van der Waals surface area contributed by atoms with Crippen molar-refractivity contribution in [3.63, 3.8) is 0 Å². The predicted molar refractivity (Wildman–Crippen MR) is 136 cm³/mol. The lowest BCUT2D eigenvalue weighted by Gasteiger charge is -2.34. The third-order valence-electron chi connectivity index (χ3n) is 4.95. The zero-order valence-electron chi connectivity index (χ0n) is 17.8. The van der Waals surface area contributed by atoms with Gasteiger partial charge in [-0.2, -0.15) is 0 Å². The topological polar surface area (TPSA) is 61.8 Å². The molecule has 1 aliphatic rings. The van der Waals surface area contributed by atoms with Gasteiger partial charge in [0.25, 0.3) is 0 Å². The van der Waals surface area contributed by atoms with Gasteiger partial charge in [-0.25, -0.2) is 4.98 Å². The average Bonchev–Trinajstić information content (AvgIpc) is 2.71. The van der Waals surface area contributed by atoms with Gasteiger partial charge in [0.15, 0.2) is 5.96 Å². The summed E-state index contributed by atoms with van der Waals surface area (Å²) in [5, 5.41) is 7.56. The lowest BCUT2D eigenvalue weighted by atomic mass is 10.1. The monoisotopic (exact) mass is 543 g/mol. The number of piperidine rings is 1. The summed E-state index contributed by atoms with van der Waals surface area (Å²) in [6.45, 7) is 6.68. The molecule has 0 amide bonds. The molecule has 0 radical (unpaired) electrons. The molecule has 1 fully saturated rings. The summed E-state index contributed by atoms with van der Waals surface area (Å²) in [5.41, 5.74) is 1.06. The predicted octanol–water partition coefficient (Wildman–Crippen LogP) is 4.26. The van der Waals surface area contributed by atoms with E-state index in [1.807, 2.05) is 44.2 Å². The van der Waals surface area contributed by atoms with E-state index < -0.39 is 0 Å². The molecule has 1 aliphatic heterocycles. The first kappa shape index (κ1) is 24.5. The first-order valence-corrected chi connectivity index (χ1v) is 10.5. The number of anilines is 1. The maximum atomic E-state index is 6.01. The second kappa shape index (κ2) is 12.2. The van der Waals surface area contributed by atoms with Gasteiger partial charge in [0.05, 0.1) is 6.54 Å². The molecule has 164 valence electrons. The van der Waals surface area contributed by atoms with Gasteiger partial charge in [0, 0.05) is 36.9 Å². The van der Waals surface area contributed by atoms with E-state index in [4.69, 9.17) is 16.3 Å². The number of nitrogens with one attached hydrogen (secondary N) is 2. The number of aryl methyl sites for hydroxylation is 1. The van der Waals surface area contributed by atoms with Gasteiger partial charge < -0.3 is 20.3 Å². The minimum atomic E-state index is -0.0127. The van der Waals surface area contributed by atoms with Crippen molar-refractivity contribution < 1.29 is 4.74 Å². The molecule has 3 rings (SSSR count). The summed E-state index contributed by atoms with van der Waals surface area (Å²) in [6, 6.07) is 14.0. The van der Waals surface area contributed by atoms with Crippen molar-refractivity contribution in [1.29, 1.82) is 0 Å². The van der Waals surface area contributed by atoms with Gasteiger partial charge in [-0.05, 0) is 57.0 Å². The fourth-order valence-electron chi connectivity index (χ4n) is 3.40. The quantitative estimate of drug-likeness (QED) is 0.324. The van der Waals surface area contributed by atoms with Crippen LogP contribution in [0.3, 0.4) is 0 Å². The molecular formula is C22H31ClIN5O. The fraction of sp³-hybridized carbons (Fsp3) is 0.455. The highest BCUT2D eigenvalue weighted by Gasteiger charge is 2.21. The Hall–Kier alpha value is -1.74. The number of aromatic nitrogens is 1. The van der Waals surface area contributed by atoms with Gasteiger partial charge in [-0.1, -0.05) is 23.7 Å². The van der Waals surface area contributed by atoms with E-state index in [1.54, 1.807) is 7.05 Å². The van der Waals surface area contributed by atoms with E-state index >= 15 is 0 Å². The number of benzene rings is 1. The van der Waals surface area contributed by atoms with Crippen LogP contribution in [0.2, 0.25) is 5.02 Å². The van der Waals surface area contributed by atoms with Crippen LogP contribution in [0, 0.1) is 6.92 Å². The highest BCUT2D eigenvalue weighted by molar-refractivity contribution is 14.0. The van der Waals surface area contributed by atoms with Crippen molar-refractivity contribution in [2.45, 2.75) is 38.8 Å². The first-order chi connectivity index (χ1) is 14.0. The lowest BCUT2D eigenvalue weighted by Crippen LogP contribution is -2.50. The second-order valence-corrected chi connectivity index (χ2v) is 7.82. The molecule has 0 bridgehead atoms. The number of pyridine rings is 1. The Labute approximate surface area is 201 Å². The molecule has 1 unspecified atom stereocenters. The molecule has 30 heavy (non-hydrogen) atoms. The van der Waals surface area contributed by atoms with Crippen molar-refractivity contribution in [1.82, 2.24) is 15.6 Å². The van der Waals surface area contributed by atoms with Gasteiger partial charge >= 0.3 is 0 Å². The van der Waals surface area contributed by atoms with Crippen molar-refractivity contribution >= 4 is 47.4 Å². The Bertz CT molecular complexity index is 827. The molecule has 0 spiro atoms. The number of rotatable bonds is 6. The van der Waals surface area contributed by atoms with Crippen LogP contribution < -0.4 is 20.3 Å². The number of aliphatic imine (C=N–C) groups is 1. The molecule has 0 saturated carbocycles. The van der Waals surface area contributed by atoms with Crippen molar-refractivity contribution in [2.24, 2.45) is 4.99 Å². The molecule has 2 heterocycles. The first-order valence-electron chi connectivity index (χ1n) is 10.1. The van der Waals surface area contributed by atoms with E-state index in [1.165, 1.54) is 0 Å². The van der Waals surface area contributed by atoms with Crippen LogP contribution in [0.1, 0.15) is 25.5 Å². The van der Waals surface area contributed by atoms with Crippen LogP contribution in [0.25, 0.3) is 0 Å². The molecule has 1 aromatic carbocycles. The largest absolute Gasteiger partial charge is 0.489 e. The van der Waals surface area contributed by atoms with Crippen LogP contribution in [-0.4, -0.2) is 49.8 Å². The molecule has 1 atom stereocenters. The van der Waals surface area contributed by atoms with Gasteiger partial charge in [0.2, 0.25) is 0 Å². The Balaban J connectivity index is 0.00000320. The number of hydrogen-bond donors (Lipinski definition) is 2. The minimum Gasteiger partial charge on any atom is -0.489 e. The highest BCUT2D eigenvalue weighted by atomic mass is 127. The summed E-state index contributed by atoms with van der Waals surface area (Å²) < 4.78 is 5.91. The summed E-state index contributed by atoms with van der Waals surface area (Å²) in [5.74, 6) is 2.64. The van der Waals surface area contributed by atoms with Crippen LogP contribution in [0.5, 0.6) is 5.75 Å². The van der Waals surface area contributed by atoms with Crippen LogP contribution in [-0.2, 0) is 0 Å². The van der Waals surface area contributed by atoms with Crippen molar-refractivity contribution in [3.05, 3.63) is 53.2 Å². The molecule has 2 aromatic rings. The molecular weight excluding hydrogens is 513 g/mol. The Morgan fingerprint density at radius 2 is 2.00 bits per heavy atom. The van der Waals surface area contributed by atoms with E-state index in [0.29, 0.717) is 17.6 Å². The van der Waals surface area contributed by atoms with E-state index in [9.17, 15) is 0 Å². The Kier molecular flexibility index (Phi) is 9.97. The minimum absolute atomic E-state index is 0. The number of nitrogens with zero attached hydrogens (tertiary/aromatic N) is 3. The van der Waals surface area contributed by atoms with Crippen molar-refractivity contribution in [2.75, 3.05) is 31.6 Å². The van der Waals surface area contributed by atoms with Crippen LogP contribution in [0.4, 0.5) is 5.82 Å².